The van der Waals surface area contributed by atoms with Crippen molar-refractivity contribution in [1.82, 2.24) is 10.2 Å². The Morgan fingerprint density at radius 3 is 2.56 bits per heavy atom. The van der Waals surface area contributed by atoms with Crippen LogP contribution < -0.4 is 10.1 Å². The highest BCUT2D eigenvalue weighted by atomic mass is 35.5. The van der Waals surface area contributed by atoms with Crippen LogP contribution in [0, 0.1) is 0 Å². The number of nitrogens with one attached hydrogen (secondary N) is 1. The number of piperidine rings is 1. The van der Waals surface area contributed by atoms with Crippen molar-refractivity contribution in [3.8, 4) is 5.75 Å². The predicted octanol–water partition coefficient (Wildman–Crippen LogP) is 2.87. The average molecular weight is 269 g/mol. The van der Waals surface area contributed by atoms with Gasteiger partial charge in [0.1, 0.15) is 5.75 Å². The first kappa shape index (κ1) is 13.0. The topological polar surface area (TPSA) is 41.6 Å². The molecular weight excluding hydrogens is 252 g/mol. The summed E-state index contributed by atoms with van der Waals surface area (Å²) in [4.78, 5) is 13.6. The van der Waals surface area contributed by atoms with Crippen LogP contribution in [0.25, 0.3) is 0 Å². The lowest BCUT2D eigenvalue weighted by Gasteiger charge is -2.26. The number of carbonyl (C=O) groups is 1. The van der Waals surface area contributed by atoms with Crippen LogP contribution in [0.1, 0.15) is 19.3 Å². The Hall–Kier alpha value is -1.42. The largest absolute Gasteiger partial charge is 0.473 e. The summed E-state index contributed by atoms with van der Waals surface area (Å²) in [5, 5.41) is 3.41. The number of rotatable bonds is 3. The van der Waals surface area contributed by atoms with Gasteiger partial charge in [0.2, 0.25) is 0 Å². The van der Waals surface area contributed by atoms with Crippen molar-refractivity contribution in [3.63, 3.8) is 0 Å². The number of benzene rings is 1. The van der Waals surface area contributed by atoms with Crippen LogP contribution in [0.2, 0.25) is 5.02 Å². The molecule has 5 heteroatoms. The monoisotopic (exact) mass is 268 g/mol. The Labute approximate surface area is 112 Å². The highest BCUT2D eigenvalue weighted by Gasteiger charge is 2.15. The van der Waals surface area contributed by atoms with Gasteiger partial charge in [-0.1, -0.05) is 11.6 Å². The Kier molecular flexibility index (Phi) is 4.70. The van der Waals surface area contributed by atoms with E-state index < -0.39 is 0 Å². The fraction of sp³-hybridized carbons (Fsp3) is 0.462. The van der Waals surface area contributed by atoms with Crippen LogP contribution >= 0.6 is 11.6 Å². The van der Waals surface area contributed by atoms with Crippen molar-refractivity contribution in [2.24, 2.45) is 0 Å². The van der Waals surface area contributed by atoms with Gasteiger partial charge in [0.25, 0.3) is 0 Å². The second-order valence-corrected chi connectivity index (χ2v) is 4.71. The fourth-order valence-electron chi connectivity index (χ4n) is 1.92. The van der Waals surface area contributed by atoms with Gasteiger partial charge in [0.05, 0.1) is 0 Å². The van der Waals surface area contributed by atoms with Crippen molar-refractivity contribution in [2.75, 3.05) is 19.8 Å². The van der Waals surface area contributed by atoms with E-state index >= 15 is 0 Å². The van der Waals surface area contributed by atoms with Crippen LogP contribution in [-0.4, -0.2) is 30.8 Å². The molecule has 18 heavy (non-hydrogen) atoms. The molecule has 0 unspecified atom stereocenters. The van der Waals surface area contributed by atoms with Crippen molar-refractivity contribution in [2.45, 2.75) is 19.3 Å². The van der Waals surface area contributed by atoms with Crippen LogP contribution in [-0.2, 0) is 0 Å². The van der Waals surface area contributed by atoms with E-state index in [1.807, 2.05) is 4.90 Å². The molecule has 1 aromatic rings. The standard InChI is InChI=1S/C13H17ClN2O2/c14-11-4-6-12(7-5-11)18-10-15-13(17)16-8-2-1-3-9-16/h4-7H,1-3,8-10H2,(H,15,17). The third-order valence-electron chi connectivity index (χ3n) is 2.92. The van der Waals surface area contributed by atoms with Crippen molar-refractivity contribution < 1.29 is 9.53 Å². The first-order valence-corrected chi connectivity index (χ1v) is 6.54. The maximum Gasteiger partial charge on any atom is 0.320 e. The summed E-state index contributed by atoms with van der Waals surface area (Å²) < 4.78 is 5.41. The molecule has 0 aromatic heterocycles. The first-order valence-electron chi connectivity index (χ1n) is 6.17. The van der Waals surface area contributed by atoms with E-state index in [0.29, 0.717) is 10.8 Å². The quantitative estimate of drug-likeness (QED) is 0.857. The molecule has 0 bridgehead atoms. The molecule has 0 radical (unpaired) electrons. The van der Waals surface area contributed by atoms with Crippen molar-refractivity contribution >= 4 is 17.6 Å². The molecule has 1 fully saturated rings. The summed E-state index contributed by atoms with van der Waals surface area (Å²) in [6.07, 6.45) is 3.39. The Balaban J connectivity index is 1.71. The smallest absolute Gasteiger partial charge is 0.320 e. The van der Waals surface area contributed by atoms with Gasteiger partial charge >= 0.3 is 6.03 Å². The number of likely N-dealkylation sites (tertiary alicyclic amines) is 1. The molecule has 1 aliphatic heterocycles. The molecule has 4 nitrogen and oxygen atoms in total. The van der Waals surface area contributed by atoms with Crippen molar-refractivity contribution in [3.05, 3.63) is 29.3 Å². The summed E-state index contributed by atoms with van der Waals surface area (Å²) in [6, 6.07) is 7.00. The number of urea groups is 1. The fourth-order valence-corrected chi connectivity index (χ4v) is 2.05. The van der Waals surface area contributed by atoms with E-state index in [-0.39, 0.29) is 12.8 Å². The predicted molar refractivity (Wildman–Crippen MR) is 70.9 cm³/mol. The number of nitrogens with zero attached hydrogens (tertiary/aromatic N) is 1. The zero-order valence-electron chi connectivity index (χ0n) is 10.2. The molecule has 2 rings (SSSR count). The van der Waals surface area contributed by atoms with Gasteiger partial charge in [0.15, 0.2) is 6.73 Å². The molecule has 0 spiro atoms. The molecule has 98 valence electrons. The Morgan fingerprint density at radius 2 is 1.89 bits per heavy atom. The minimum absolute atomic E-state index is 0.0522. The molecule has 2 amide bonds. The SMILES string of the molecule is O=C(NCOc1ccc(Cl)cc1)N1CCCCC1. The first-order chi connectivity index (χ1) is 8.75. The molecule has 1 aromatic carbocycles. The second kappa shape index (κ2) is 6.50. The van der Waals surface area contributed by atoms with Crippen molar-refractivity contribution in [1.29, 1.82) is 0 Å². The number of ether oxygens (including phenoxy) is 1. The van der Waals surface area contributed by atoms with Crippen LogP contribution in [0.5, 0.6) is 5.75 Å². The zero-order chi connectivity index (χ0) is 12.8. The lowest BCUT2D eigenvalue weighted by atomic mass is 10.1. The number of carbonyl (C=O) groups excluding carboxylic acids is 1. The van der Waals surface area contributed by atoms with E-state index in [4.69, 9.17) is 16.3 Å². The van der Waals surface area contributed by atoms with Crippen LogP contribution in [0.3, 0.4) is 0 Å². The zero-order valence-corrected chi connectivity index (χ0v) is 10.9. The molecule has 1 aliphatic rings. The molecule has 0 atom stereocenters. The van der Waals surface area contributed by atoms with Gasteiger partial charge in [-0.15, -0.1) is 0 Å². The lowest BCUT2D eigenvalue weighted by molar-refractivity contribution is 0.174. The number of amides is 2. The molecule has 1 saturated heterocycles. The molecule has 1 heterocycles. The maximum atomic E-state index is 11.8. The molecule has 0 saturated carbocycles. The van der Waals surface area contributed by atoms with Crippen LogP contribution in [0.15, 0.2) is 24.3 Å². The van der Waals surface area contributed by atoms with E-state index in [9.17, 15) is 4.79 Å². The Bertz CT molecular complexity index is 388. The minimum atomic E-state index is -0.0522. The van der Waals surface area contributed by atoms with E-state index in [1.165, 1.54) is 6.42 Å². The van der Waals surface area contributed by atoms with E-state index in [0.717, 1.165) is 25.9 Å². The van der Waals surface area contributed by atoms with E-state index in [1.54, 1.807) is 24.3 Å². The lowest BCUT2D eigenvalue weighted by Crippen LogP contribution is -2.43. The number of halogens is 1. The van der Waals surface area contributed by atoms with Gasteiger partial charge in [-0.2, -0.15) is 0 Å². The third kappa shape index (κ3) is 3.81. The number of hydrogen-bond donors (Lipinski definition) is 1. The third-order valence-corrected chi connectivity index (χ3v) is 3.17. The highest BCUT2D eigenvalue weighted by molar-refractivity contribution is 6.30. The summed E-state index contributed by atoms with van der Waals surface area (Å²) in [5.41, 5.74) is 0. The second-order valence-electron chi connectivity index (χ2n) is 4.27. The molecular formula is C13H17ClN2O2. The maximum absolute atomic E-state index is 11.8. The highest BCUT2D eigenvalue weighted by Crippen LogP contribution is 2.15. The average Bonchev–Trinajstić information content (AvgIpc) is 2.42. The summed E-state index contributed by atoms with van der Waals surface area (Å²) in [7, 11) is 0. The van der Waals surface area contributed by atoms with Gasteiger partial charge in [-0.25, -0.2) is 4.79 Å². The van der Waals surface area contributed by atoms with Gasteiger partial charge in [0, 0.05) is 18.1 Å². The van der Waals surface area contributed by atoms with Gasteiger partial charge in [-0.05, 0) is 43.5 Å². The van der Waals surface area contributed by atoms with Gasteiger partial charge in [-0.3, -0.25) is 0 Å². The summed E-state index contributed by atoms with van der Waals surface area (Å²) in [6.45, 7) is 1.86. The Morgan fingerprint density at radius 1 is 1.22 bits per heavy atom. The van der Waals surface area contributed by atoms with Crippen LogP contribution in [0.4, 0.5) is 4.79 Å². The molecule has 0 aliphatic carbocycles. The van der Waals surface area contributed by atoms with E-state index in [2.05, 4.69) is 5.32 Å². The summed E-state index contributed by atoms with van der Waals surface area (Å²) >= 11 is 5.77. The normalized spacial score (nSPS) is 15.3. The summed E-state index contributed by atoms with van der Waals surface area (Å²) in [5.74, 6) is 0.693. The molecule has 1 N–H and O–H groups in total. The minimum Gasteiger partial charge on any atom is -0.473 e. The number of hydrogen-bond acceptors (Lipinski definition) is 2. The van der Waals surface area contributed by atoms with Gasteiger partial charge < -0.3 is 15.0 Å².